The number of nitrogens with zero attached hydrogens (tertiary/aromatic N) is 2. The molecule has 0 aliphatic carbocycles. The highest BCUT2D eigenvalue weighted by molar-refractivity contribution is 6.00. The number of amides is 1. The Labute approximate surface area is 123 Å². The maximum Gasteiger partial charge on any atom is 0.219 e. The predicted molar refractivity (Wildman–Crippen MR) is 75.0 cm³/mol. The molecule has 1 spiro atoms. The van der Waals surface area contributed by atoms with Crippen LogP contribution in [0, 0.1) is 11.3 Å². The second kappa shape index (κ2) is 4.88. The topological polar surface area (TPSA) is 70.4 Å². The number of rotatable bonds is 0. The fraction of sp³-hybridized carbons (Fsp3) is 0.438. The first-order valence-corrected chi connectivity index (χ1v) is 7.05. The van der Waals surface area contributed by atoms with Crippen LogP contribution in [0.25, 0.3) is 0 Å². The summed E-state index contributed by atoms with van der Waals surface area (Å²) in [6.07, 6.45) is 1.65. The van der Waals surface area contributed by atoms with Crippen LogP contribution in [0.4, 0.5) is 0 Å². The number of piperidine rings is 1. The molecule has 0 bridgehead atoms. The number of hydrogen-bond acceptors (Lipinski definition) is 4. The molecule has 0 aromatic heterocycles. The second-order valence-corrected chi connectivity index (χ2v) is 5.71. The molecule has 0 atom stereocenters. The second-order valence-electron chi connectivity index (χ2n) is 5.71. The molecule has 0 saturated carbocycles. The lowest BCUT2D eigenvalue weighted by Crippen LogP contribution is -2.51. The number of hydrogen-bond donors (Lipinski definition) is 0. The van der Waals surface area contributed by atoms with Gasteiger partial charge in [-0.2, -0.15) is 5.26 Å². The molecule has 108 valence electrons. The average molecular weight is 284 g/mol. The van der Waals surface area contributed by atoms with E-state index in [2.05, 4.69) is 0 Å². The normalized spacial score (nSPS) is 19.6. The van der Waals surface area contributed by atoms with Crippen molar-refractivity contribution in [2.75, 3.05) is 13.1 Å². The van der Waals surface area contributed by atoms with Gasteiger partial charge in [-0.25, -0.2) is 0 Å². The first kappa shape index (κ1) is 13.6. The summed E-state index contributed by atoms with van der Waals surface area (Å²) in [5.74, 6) is 0.636. The van der Waals surface area contributed by atoms with Gasteiger partial charge in [0.2, 0.25) is 5.91 Å². The molecule has 2 aliphatic rings. The fourth-order valence-electron chi connectivity index (χ4n) is 3.07. The Bertz CT molecular complexity index is 652. The van der Waals surface area contributed by atoms with Gasteiger partial charge in [-0.3, -0.25) is 9.59 Å². The highest BCUT2D eigenvalue weighted by Gasteiger charge is 2.43. The monoisotopic (exact) mass is 284 g/mol. The molecule has 1 aromatic carbocycles. The summed E-state index contributed by atoms with van der Waals surface area (Å²) in [5, 5.41) is 8.91. The van der Waals surface area contributed by atoms with E-state index >= 15 is 0 Å². The van der Waals surface area contributed by atoms with Crippen LogP contribution in [0.1, 0.15) is 42.1 Å². The molecule has 2 aliphatic heterocycles. The zero-order chi connectivity index (χ0) is 15.0. The highest BCUT2D eigenvalue weighted by atomic mass is 16.5. The molecule has 1 saturated heterocycles. The Hall–Kier alpha value is -2.35. The van der Waals surface area contributed by atoms with E-state index in [-0.39, 0.29) is 11.7 Å². The highest BCUT2D eigenvalue weighted by Crippen LogP contribution is 2.39. The number of likely N-dealkylation sites (tertiary alicyclic amines) is 1. The van der Waals surface area contributed by atoms with Gasteiger partial charge in [-0.15, -0.1) is 0 Å². The van der Waals surface area contributed by atoms with Gasteiger partial charge in [0.25, 0.3) is 0 Å². The van der Waals surface area contributed by atoms with Crippen LogP contribution in [0.5, 0.6) is 5.75 Å². The third-order valence-electron chi connectivity index (χ3n) is 4.34. The molecule has 0 unspecified atom stereocenters. The zero-order valence-corrected chi connectivity index (χ0v) is 11.9. The van der Waals surface area contributed by atoms with E-state index in [1.165, 1.54) is 0 Å². The SMILES string of the molecule is CC(=O)N1CCC2(CC1)CC(=O)c1cc(C#N)ccc1O2. The largest absolute Gasteiger partial charge is 0.486 e. The lowest BCUT2D eigenvalue weighted by molar-refractivity contribution is -0.132. The van der Waals surface area contributed by atoms with Crippen molar-refractivity contribution in [3.05, 3.63) is 29.3 Å². The van der Waals surface area contributed by atoms with E-state index in [1.807, 2.05) is 6.07 Å². The van der Waals surface area contributed by atoms with E-state index in [0.29, 0.717) is 49.2 Å². The van der Waals surface area contributed by atoms with Crippen LogP contribution in [0.3, 0.4) is 0 Å². The van der Waals surface area contributed by atoms with E-state index in [1.54, 1.807) is 30.0 Å². The Morgan fingerprint density at radius 1 is 1.38 bits per heavy atom. The number of carbonyl (C=O) groups excluding carboxylic acids is 2. The third-order valence-corrected chi connectivity index (χ3v) is 4.34. The van der Waals surface area contributed by atoms with Crippen LogP contribution < -0.4 is 4.74 Å². The van der Waals surface area contributed by atoms with Crippen LogP contribution >= 0.6 is 0 Å². The van der Waals surface area contributed by atoms with Crippen molar-refractivity contribution in [3.8, 4) is 11.8 Å². The first-order chi connectivity index (χ1) is 10.0. The van der Waals surface area contributed by atoms with Gasteiger partial charge >= 0.3 is 0 Å². The molecule has 2 heterocycles. The number of carbonyl (C=O) groups is 2. The van der Waals surface area contributed by atoms with Gasteiger partial charge in [0.05, 0.1) is 23.6 Å². The Balaban J connectivity index is 1.85. The van der Waals surface area contributed by atoms with Crippen molar-refractivity contribution < 1.29 is 14.3 Å². The van der Waals surface area contributed by atoms with E-state index in [0.717, 1.165) is 0 Å². The minimum atomic E-state index is -0.496. The molecule has 3 rings (SSSR count). The maximum absolute atomic E-state index is 12.4. The molecule has 1 amide bonds. The van der Waals surface area contributed by atoms with Crippen molar-refractivity contribution in [3.63, 3.8) is 0 Å². The molecular formula is C16H16N2O3. The average Bonchev–Trinajstić information content (AvgIpc) is 2.47. The van der Waals surface area contributed by atoms with Crippen LogP contribution in [-0.4, -0.2) is 35.3 Å². The summed E-state index contributed by atoms with van der Waals surface area (Å²) in [5.41, 5.74) is 0.464. The third kappa shape index (κ3) is 2.38. The zero-order valence-electron chi connectivity index (χ0n) is 11.9. The van der Waals surface area contributed by atoms with Gasteiger partial charge in [0, 0.05) is 32.9 Å². The fourth-order valence-corrected chi connectivity index (χ4v) is 3.07. The molecule has 5 nitrogen and oxygen atoms in total. The molecule has 5 heteroatoms. The molecule has 1 aromatic rings. The summed E-state index contributed by atoms with van der Waals surface area (Å²) in [6, 6.07) is 6.99. The van der Waals surface area contributed by atoms with Crippen molar-refractivity contribution >= 4 is 11.7 Å². The van der Waals surface area contributed by atoms with Gasteiger partial charge in [0.15, 0.2) is 5.78 Å². The van der Waals surface area contributed by atoms with Gasteiger partial charge in [-0.05, 0) is 18.2 Å². The van der Waals surface area contributed by atoms with Gasteiger partial charge in [-0.1, -0.05) is 0 Å². The number of nitriles is 1. The summed E-state index contributed by atoms with van der Waals surface area (Å²) in [4.78, 5) is 25.5. The molecule has 0 radical (unpaired) electrons. The predicted octanol–water partition coefficient (Wildman–Crippen LogP) is 1.90. The maximum atomic E-state index is 12.4. The van der Waals surface area contributed by atoms with Crippen molar-refractivity contribution in [2.24, 2.45) is 0 Å². The van der Waals surface area contributed by atoms with Gasteiger partial charge in [0.1, 0.15) is 11.4 Å². The van der Waals surface area contributed by atoms with Crippen molar-refractivity contribution in [1.82, 2.24) is 4.90 Å². The smallest absolute Gasteiger partial charge is 0.219 e. The molecular weight excluding hydrogens is 268 g/mol. The van der Waals surface area contributed by atoms with Crippen LogP contribution in [0.2, 0.25) is 0 Å². The quantitative estimate of drug-likeness (QED) is 0.729. The van der Waals surface area contributed by atoms with Crippen LogP contribution in [-0.2, 0) is 4.79 Å². The number of benzene rings is 1. The summed E-state index contributed by atoms with van der Waals surface area (Å²) < 4.78 is 6.09. The lowest BCUT2D eigenvalue weighted by atomic mass is 9.82. The minimum absolute atomic E-state index is 0.0182. The number of ether oxygens (including phenoxy) is 1. The molecule has 21 heavy (non-hydrogen) atoms. The Kier molecular flexibility index (Phi) is 3.17. The summed E-state index contributed by atoms with van der Waals surface area (Å²) in [7, 11) is 0. The Morgan fingerprint density at radius 2 is 2.10 bits per heavy atom. The van der Waals surface area contributed by atoms with E-state index in [4.69, 9.17) is 10.00 Å². The number of Topliss-reactive ketones (excluding diaryl/α,β-unsaturated/α-hetero) is 1. The van der Waals surface area contributed by atoms with Gasteiger partial charge < -0.3 is 9.64 Å². The lowest BCUT2D eigenvalue weighted by Gasteiger charge is -2.43. The Morgan fingerprint density at radius 3 is 2.71 bits per heavy atom. The summed E-state index contributed by atoms with van der Waals surface area (Å²) in [6.45, 7) is 2.80. The van der Waals surface area contributed by atoms with E-state index in [9.17, 15) is 9.59 Å². The molecule has 0 N–H and O–H groups in total. The first-order valence-electron chi connectivity index (χ1n) is 7.05. The minimum Gasteiger partial charge on any atom is -0.486 e. The van der Waals surface area contributed by atoms with Crippen LogP contribution in [0.15, 0.2) is 18.2 Å². The number of fused-ring (bicyclic) bond motifs is 1. The number of ketones is 1. The molecule has 1 fully saturated rings. The standard InChI is InChI=1S/C16H16N2O3/c1-11(19)18-6-4-16(5-7-18)9-14(20)13-8-12(10-17)2-3-15(13)21-16/h2-3,8H,4-7,9H2,1H3. The van der Waals surface area contributed by atoms with Crippen molar-refractivity contribution in [2.45, 2.75) is 31.8 Å². The van der Waals surface area contributed by atoms with E-state index < -0.39 is 5.60 Å². The van der Waals surface area contributed by atoms with Crippen molar-refractivity contribution in [1.29, 1.82) is 5.26 Å². The summed E-state index contributed by atoms with van der Waals surface area (Å²) >= 11 is 0.